The van der Waals surface area contributed by atoms with E-state index in [4.69, 9.17) is 0 Å². The molecular formula is C34H50N2O2. The Bertz CT molecular complexity index is 1220. The van der Waals surface area contributed by atoms with E-state index in [2.05, 4.69) is 25.1 Å². The minimum absolute atomic E-state index is 0.726. The van der Waals surface area contributed by atoms with Crippen LogP contribution in [0.1, 0.15) is 80.4 Å². The summed E-state index contributed by atoms with van der Waals surface area (Å²) in [4.78, 5) is 0. The molecule has 0 fully saturated rings. The second-order valence-electron chi connectivity index (χ2n) is 6.89. The number of nitrogens with zero attached hydrogens (tertiary/aromatic N) is 2. The fourth-order valence-electron chi connectivity index (χ4n) is 3.53. The fourth-order valence-corrected chi connectivity index (χ4v) is 3.53. The normalized spacial score (nSPS) is 8.74. The molecule has 0 bridgehead atoms. The van der Waals surface area contributed by atoms with Crippen molar-refractivity contribution >= 4 is 32.6 Å². The van der Waals surface area contributed by atoms with Crippen LogP contribution in [-0.2, 0) is 0 Å². The van der Waals surface area contributed by atoms with E-state index in [9.17, 15) is 10.4 Å². The molecule has 3 aromatic carbocycles. The number of aromatic nitrogens is 2. The van der Waals surface area contributed by atoms with Gasteiger partial charge in [0.25, 0.3) is 0 Å². The molecule has 0 aliphatic carbocycles. The third-order valence-electron chi connectivity index (χ3n) is 4.97. The van der Waals surface area contributed by atoms with Crippen LogP contribution in [-0.4, -0.2) is 0 Å². The zero-order chi connectivity index (χ0) is 29.7. The molecule has 2 heterocycles. The molecule has 0 atom stereocenters. The Morgan fingerprint density at radius 3 is 1.47 bits per heavy atom. The Morgan fingerprint density at radius 1 is 0.474 bits per heavy atom. The summed E-state index contributed by atoms with van der Waals surface area (Å²) in [7, 11) is 0. The highest BCUT2D eigenvalue weighted by Crippen LogP contribution is 2.23. The molecule has 4 nitrogen and oxygen atoms in total. The van der Waals surface area contributed by atoms with Crippen LogP contribution >= 0.6 is 0 Å². The summed E-state index contributed by atoms with van der Waals surface area (Å²) in [5.41, 5.74) is 3.70. The molecule has 0 amide bonds. The van der Waals surface area contributed by atoms with Crippen molar-refractivity contribution in [1.29, 1.82) is 0 Å². The molecule has 0 spiro atoms. The van der Waals surface area contributed by atoms with E-state index in [-0.39, 0.29) is 0 Å². The van der Waals surface area contributed by atoms with Gasteiger partial charge >= 0.3 is 0 Å². The molecule has 208 valence electrons. The van der Waals surface area contributed by atoms with Gasteiger partial charge in [-0.2, -0.15) is 9.46 Å². The van der Waals surface area contributed by atoms with E-state index in [1.54, 1.807) is 12.1 Å². The highest BCUT2D eigenvalue weighted by Gasteiger charge is 2.06. The first kappa shape index (κ1) is 36.5. The molecule has 0 radical (unpaired) electrons. The van der Waals surface area contributed by atoms with Crippen molar-refractivity contribution in [2.45, 2.75) is 83.1 Å². The maximum absolute atomic E-state index is 11.7. The topological polar surface area (TPSA) is 53.9 Å². The van der Waals surface area contributed by atoms with Gasteiger partial charge in [0.15, 0.2) is 12.4 Å². The van der Waals surface area contributed by atoms with Gasteiger partial charge in [0.2, 0.25) is 11.0 Å². The lowest BCUT2D eigenvalue weighted by Crippen LogP contribution is -2.26. The van der Waals surface area contributed by atoms with E-state index in [1.807, 2.05) is 119 Å². The maximum Gasteiger partial charge on any atom is 0.226 e. The lowest BCUT2D eigenvalue weighted by atomic mass is 10.0. The average Bonchev–Trinajstić information content (AvgIpc) is 2.99. The Morgan fingerprint density at radius 2 is 0.921 bits per heavy atom. The minimum Gasteiger partial charge on any atom is -0.618 e. The van der Waals surface area contributed by atoms with Crippen molar-refractivity contribution in [3.8, 4) is 0 Å². The van der Waals surface area contributed by atoms with Gasteiger partial charge < -0.3 is 10.4 Å². The van der Waals surface area contributed by atoms with Gasteiger partial charge in [-0.3, -0.25) is 0 Å². The third kappa shape index (κ3) is 10.0. The smallest absolute Gasteiger partial charge is 0.226 e. The van der Waals surface area contributed by atoms with E-state index < -0.39 is 0 Å². The van der Waals surface area contributed by atoms with Gasteiger partial charge in [0, 0.05) is 34.5 Å². The Labute approximate surface area is 231 Å². The zero-order valence-electron chi connectivity index (χ0n) is 25.8. The van der Waals surface area contributed by atoms with Crippen molar-refractivity contribution in [3.05, 3.63) is 107 Å². The molecule has 0 aliphatic heterocycles. The van der Waals surface area contributed by atoms with Crippen LogP contribution in [0.4, 0.5) is 0 Å². The average molecular weight is 519 g/mol. The second kappa shape index (κ2) is 21.4. The summed E-state index contributed by atoms with van der Waals surface area (Å²) >= 11 is 0. The van der Waals surface area contributed by atoms with E-state index in [1.165, 1.54) is 23.3 Å². The number of rotatable bonds is 0. The number of para-hydroxylation sites is 1. The number of benzene rings is 3. The number of hydrogen-bond acceptors (Lipinski definition) is 2. The molecule has 0 N–H and O–H groups in total. The molecule has 4 heteroatoms. The number of aryl methyl sites for hydroxylation is 2. The lowest BCUT2D eigenvalue weighted by Gasteiger charge is -2.05. The summed E-state index contributed by atoms with van der Waals surface area (Å²) in [6.07, 6.45) is 3.06. The van der Waals surface area contributed by atoms with Crippen LogP contribution in [0.25, 0.3) is 32.6 Å². The number of hydrogen-bond donors (Lipinski definition) is 0. The molecule has 38 heavy (non-hydrogen) atoms. The highest BCUT2D eigenvalue weighted by atomic mass is 16.5. The molecule has 2 aromatic heterocycles. The van der Waals surface area contributed by atoms with Crippen LogP contribution in [0.15, 0.2) is 85.2 Å². The molecule has 0 saturated carbocycles. The van der Waals surface area contributed by atoms with E-state index >= 15 is 0 Å². The molecule has 0 unspecified atom stereocenters. The van der Waals surface area contributed by atoms with Gasteiger partial charge in [-0.1, -0.05) is 99.6 Å². The lowest BCUT2D eigenvalue weighted by molar-refractivity contribution is -0.577. The minimum atomic E-state index is 0.726. The van der Waals surface area contributed by atoms with Crippen molar-refractivity contribution in [2.75, 3.05) is 0 Å². The van der Waals surface area contributed by atoms with Crippen LogP contribution in [0.5, 0.6) is 0 Å². The van der Waals surface area contributed by atoms with Crippen molar-refractivity contribution < 1.29 is 9.46 Å². The third-order valence-corrected chi connectivity index (χ3v) is 4.97. The monoisotopic (exact) mass is 518 g/mol. The molecule has 0 aliphatic rings. The van der Waals surface area contributed by atoms with Crippen LogP contribution in [0, 0.1) is 24.3 Å². The Hall–Kier alpha value is -3.66. The van der Waals surface area contributed by atoms with Crippen LogP contribution in [0.2, 0.25) is 0 Å². The first-order valence-electron chi connectivity index (χ1n) is 14.1. The van der Waals surface area contributed by atoms with Crippen LogP contribution < -0.4 is 9.46 Å². The first-order chi connectivity index (χ1) is 18.5. The number of fused-ring (bicyclic) bond motifs is 3. The maximum atomic E-state index is 11.7. The SMILES string of the molecule is CC.CC.CC.CC.CC.Cc1cccc2cc3ccc[n+]([O-])c3cc12.Cc1cccc2ccc[n+]([O-])c12. The largest absolute Gasteiger partial charge is 0.618 e. The van der Waals surface area contributed by atoms with Crippen molar-refractivity contribution in [1.82, 2.24) is 0 Å². The fraction of sp³-hybridized carbons (Fsp3) is 0.353. The Balaban J connectivity index is 0. The van der Waals surface area contributed by atoms with Gasteiger partial charge in [-0.05, 0) is 54.4 Å². The molecule has 5 aromatic rings. The van der Waals surface area contributed by atoms with Crippen LogP contribution in [0.3, 0.4) is 0 Å². The highest BCUT2D eigenvalue weighted by molar-refractivity contribution is 5.96. The Kier molecular flexibility index (Phi) is 20.6. The van der Waals surface area contributed by atoms with Gasteiger partial charge in [0.05, 0.1) is 0 Å². The number of pyridine rings is 2. The van der Waals surface area contributed by atoms with Crippen molar-refractivity contribution in [3.63, 3.8) is 0 Å². The predicted molar refractivity (Wildman–Crippen MR) is 170 cm³/mol. The predicted octanol–water partition coefficient (Wildman–Crippen LogP) is 9.85. The summed E-state index contributed by atoms with van der Waals surface area (Å²) in [5.74, 6) is 0. The van der Waals surface area contributed by atoms with Gasteiger partial charge in [-0.25, -0.2) is 0 Å². The van der Waals surface area contributed by atoms with E-state index in [0.29, 0.717) is 0 Å². The van der Waals surface area contributed by atoms with Crippen molar-refractivity contribution in [2.24, 2.45) is 0 Å². The summed E-state index contributed by atoms with van der Waals surface area (Å²) in [6, 6.07) is 23.5. The summed E-state index contributed by atoms with van der Waals surface area (Å²) < 4.78 is 1.83. The summed E-state index contributed by atoms with van der Waals surface area (Å²) in [6.45, 7) is 24.0. The zero-order valence-corrected chi connectivity index (χ0v) is 25.8. The first-order valence-corrected chi connectivity index (χ1v) is 14.1. The van der Waals surface area contributed by atoms with E-state index in [0.717, 1.165) is 42.2 Å². The van der Waals surface area contributed by atoms with Gasteiger partial charge in [-0.15, -0.1) is 0 Å². The summed E-state index contributed by atoms with van der Waals surface area (Å²) in [5, 5.41) is 27.3. The molecule has 5 rings (SSSR count). The molecular weight excluding hydrogens is 468 g/mol. The quantitative estimate of drug-likeness (QED) is 0.116. The standard InChI is InChI=1S/C14H11NO.C10H9NO.5C2H6/c1-10-4-2-5-11-8-12-6-3-7-15(16)14(12)9-13(10)11;1-8-4-2-5-9-6-3-7-11(12)10(8)9;5*1-2/h2-9H,1H3;2-7H,1H3;5*1-2H3. The van der Waals surface area contributed by atoms with Gasteiger partial charge in [0.1, 0.15) is 0 Å². The molecule has 0 saturated heterocycles. The second-order valence-corrected chi connectivity index (χ2v) is 6.89.